The van der Waals surface area contributed by atoms with Crippen molar-refractivity contribution < 1.29 is 9.53 Å². The fourth-order valence-electron chi connectivity index (χ4n) is 1.80. The molecule has 7 heteroatoms. The lowest BCUT2D eigenvalue weighted by Crippen LogP contribution is -2.50. The van der Waals surface area contributed by atoms with Crippen LogP contribution in [0.2, 0.25) is 0 Å². The highest BCUT2D eigenvalue weighted by molar-refractivity contribution is 5.68. The van der Waals surface area contributed by atoms with Gasteiger partial charge in [0.05, 0.1) is 12.4 Å². The van der Waals surface area contributed by atoms with Crippen LogP contribution < -0.4 is 4.90 Å². The summed E-state index contributed by atoms with van der Waals surface area (Å²) in [6.07, 6.45) is 2.89. The normalized spacial score (nSPS) is 16.4. The number of hydrogen-bond donors (Lipinski definition) is 0. The molecule has 0 bridgehead atoms. The molecule has 1 aromatic rings. The molecule has 1 aliphatic heterocycles. The Kier molecular flexibility index (Phi) is 3.82. The summed E-state index contributed by atoms with van der Waals surface area (Å²) in [4.78, 5) is 19.8. The van der Waals surface area contributed by atoms with E-state index in [0.717, 1.165) is 0 Å². The Hall–Kier alpha value is -1.92. The Morgan fingerprint density at radius 1 is 1.21 bits per heavy atom. The predicted octanol–water partition coefficient (Wildman–Crippen LogP) is 0.929. The fraction of sp³-hybridized carbons (Fsp3) is 0.667. The summed E-state index contributed by atoms with van der Waals surface area (Å²) in [5.41, 5.74) is -0.458. The summed E-state index contributed by atoms with van der Waals surface area (Å²) in [6, 6.07) is 0. The van der Waals surface area contributed by atoms with Crippen molar-refractivity contribution >= 4 is 12.0 Å². The van der Waals surface area contributed by atoms with E-state index in [1.165, 1.54) is 0 Å². The Bertz CT molecular complexity index is 423. The molecule has 1 aromatic heterocycles. The molecule has 2 rings (SSSR count). The van der Waals surface area contributed by atoms with Gasteiger partial charge in [-0.1, -0.05) is 0 Å². The van der Waals surface area contributed by atoms with Gasteiger partial charge < -0.3 is 14.5 Å². The van der Waals surface area contributed by atoms with Gasteiger partial charge in [0.25, 0.3) is 0 Å². The minimum Gasteiger partial charge on any atom is -0.444 e. The molecule has 7 nitrogen and oxygen atoms in total. The minimum atomic E-state index is -0.458. The van der Waals surface area contributed by atoms with Crippen molar-refractivity contribution in [1.29, 1.82) is 0 Å². The molecule has 1 aliphatic rings. The Balaban J connectivity index is 1.88. The lowest BCUT2D eigenvalue weighted by Gasteiger charge is -2.35. The van der Waals surface area contributed by atoms with Gasteiger partial charge in [-0.25, -0.2) is 9.78 Å². The summed E-state index contributed by atoms with van der Waals surface area (Å²) in [7, 11) is 0. The van der Waals surface area contributed by atoms with Crippen molar-refractivity contribution in [2.24, 2.45) is 0 Å². The lowest BCUT2D eigenvalue weighted by molar-refractivity contribution is 0.0240. The van der Waals surface area contributed by atoms with E-state index in [0.29, 0.717) is 32.1 Å². The molecule has 1 fully saturated rings. The first kappa shape index (κ1) is 13.5. The van der Waals surface area contributed by atoms with Crippen LogP contribution in [0, 0.1) is 0 Å². The first-order valence-electron chi connectivity index (χ1n) is 6.32. The van der Waals surface area contributed by atoms with Gasteiger partial charge in [0.2, 0.25) is 5.95 Å². The standard InChI is InChI=1S/C12H19N5O2/c1-12(2,3)19-11(18)17-8-6-16(7-9-17)10-13-4-5-14-15-10/h4-5H,6-9H2,1-3H3. The maximum Gasteiger partial charge on any atom is 0.410 e. The second kappa shape index (κ2) is 5.38. The first-order valence-corrected chi connectivity index (χ1v) is 6.32. The highest BCUT2D eigenvalue weighted by Crippen LogP contribution is 2.13. The summed E-state index contributed by atoms with van der Waals surface area (Å²) in [6.45, 7) is 8.18. The molecule has 19 heavy (non-hydrogen) atoms. The number of amides is 1. The Morgan fingerprint density at radius 2 is 1.89 bits per heavy atom. The van der Waals surface area contributed by atoms with Crippen LogP contribution in [0.1, 0.15) is 20.8 Å². The molecule has 104 valence electrons. The van der Waals surface area contributed by atoms with E-state index in [1.807, 2.05) is 25.7 Å². The molecule has 0 spiro atoms. The van der Waals surface area contributed by atoms with Crippen molar-refractivity contribution in [2.75, 3.05) is 31.1 Å². The maximum absolute atomic E-state index is 11.9. The van der Waals surface area contributed by atoms with Gasteiger partial charge in [0.1, 0.15) is 5.60 Å². The number of carbonyl (C=O) groups excluding carboxylic acids is 1. The highest BCUT2D eigenvalue weighted by atomic mass is 16.6. The quantitative estimate of drug-likeness (QED) is 0.752. The molecule has 0 saturated carbocycles. The molecular weight excluding hydrogens is 246 g/mol. The number of ether oxygens (including phenoxy) is 1. The second-order valence-corrected chi connectivity index (χ2v) is 5.40. The molecule has 0 atom stereocenters. The Labute approximate surface area is 112 Å². The zero-order chi connectivity index (χ0) is 13.9. The van der Waals surface area contributed by atoms with Crippen molar-refractivity contribution in [3.63, 3.8) is 0 Å². The largest absolute Gasteiger partial charge is 0.444 e. The van der Waals surface area contributed by atoms with Gasteiger partial charge in [0.15, 0.2) is 0 Å². The van der Waals surface area contributed by atoms with Crippen molar-refractivity contribution in [3.8, 4) is 0 Å². The van der Waals surface area contributed by atoms with Gasteiger partial charge in [-0.15, -0.1) is 5.10 Å². The van der Waals surface area contributed by atoms with Crippen LogP contribution in [0.15, 0.2) is 12.4 Å². The first-order chi connectivity index (χ1) is 8.96. The van der Waals surface area contributed by atoms with Crippen molar-refractivity contribution in [1.82, 2.24) is 20.1 Å². The van der Waals surface area contributed by atoms with Gasteiger partial charge in [0, 0.05) is 26.2 Å². The van der Waals surface area contributed by atoms with Crippen LogP contribution in [0.3, 0.4) is 0 Å². The van der Waals surface area contributed by atoms with Gasteiger partial charge in [-0.05, 0) is 20.8 Å². The third-order valence-corrected chi connectivity index (χ3v) is 2.68. The van der Waals surface area contributed by atoms with Crippen LogP contribution in [0.5, 0.6) is 0 Å². The number of anilines is 1. The van der Waals surface area contributed by atoms with E-state index in [9.17, 15) is 4.79 Å². The van der Waals surface area contributed by atoms with Crippen molar-refractivity contribution in [3.05, 3.63) is 12.4 Å². The summed E-state index contributed by atoms with van der Waals surface area (Å²) in [5.74, 6) is 0.603. The molecule has 1 amide bonds. The highest BCUT2D eigenvalue weighted by Gasteiger charge is 2.26. The zero-order valence-electron chi connectivity index (χ0n) is 11.5. The monoisotopic (exact) mass is 265 g/mol. The lowest BCUT2D eigenvalue weighted by atomic mass is 10.2. The zero-order valence-corrected chi connectivity index (χ0v) is 11.5. The maximum atomic E-state index is 11.9. The summed E-state index contributed by atoms with van der Waals surface area (Å²) < 4.78 is 5.34. The van der Waals surface area contributed by atoms with Crippen LogP contribution in [0.4, 0.5) is 10.7 Å². The van der Waals surface area contributed by atoms with Crippen LogP contribution in [0.25, 0.3) is 0 Å². The third-order valence-electron chi connectivity index (χ3n) is 2.68. The SMILES string of the molecule is CC(C)(C)OC(=O)N1CCN(c2nccnn2)CC1. The molecule has 0 aromatic carbocycles. The molecule has 0 radical (unpaired) electrons. The van der Waals surface area contributed by atoms with E-state index in [4.69, 9.17) is 4.74 Å². The number of hydrogen-bond acceptors (Lipinski definition) is 6. The molecule has 0 aliphatic carbocycles. The van der Waals surface area contributed by atoms with E-state index in [-0.39, 0.29) is 6.09 Å². The van der Waals surface area contributed by atoms with E-state index in [2.05, 4.69) is 15.2 Å². The molecule has 0 unspecified atom stereocenters. The third kappa shape index (κ3) is 3.77. The van der Waals surface area contributed by atoms with Gasteiger partial charge >= 0.3 is 6.09 Å². The smallest absolute Gasteiger partial charge is 0.410 e. The van der Waals surface area contributed by atoms with E-state index < -0.39 is 5.60 Å². The molecular formula is C12H19N5O2. The number of rotatable bonds is 1. The second-order valence-electron chi connectivity index (χ2n) is 5.40. The number of piperazine rings is 1. The molecule has 2 heterocycles. The summed E-state index contributed by atoms with van der Waals surface area (Å²) >= 11 is 0. The van der Waals surface area contributed by atoms with Gasteiger partial charge in [-0.3, -0.25) is 0 Å². The van der Waals surface area contributed by atoms with E-state index >= 15 is 0 Å². The number of aromatic nitrogens is 3. The molecule has 0 N–H and O–H groups in total. The van der Waals surface area contributed by atoms with Crippen LogP contribution >= 0.6 is 0 Å². The van der Waals surface area contributed by atoms with Crippen LogP contribution in [-0.4, -0.2) is 58.0 Å². The van der Waals surface area contributed by atoms with E-state index in [1.54, 1.807) is 17.3 Å². The topological polar surface area (TPSA) is 71.5 Å². The predicted molar refractivity (Wildman–Crippen MR) is 69.8 cm³/mol. The minimum absolute atomic E-state index is 0.265. The van der Waals surface area contributed by atoms with Crippen molar-refractivity contribution in [2.45, 2.75) is 26.4 Å². The average Bonchev–Trinajstić information content (AvgIpc) is 2.38. The number of carbonyl (C=O) groups is 1. The fourth-order valence-corrected chi connectivity index (χ4v) is 1.80. The van der Waals surface area contributed by atoms with Gasteiger partial charge in [-0.2, -0.15) is 5.10 Å². The Morgan fingerprint density at radius 3 is 2.42 bits per heavy atom. The van der Waals surface area contributed by atoms with Crippen LogP contribution in [-0.2, 0) is 4.74 Å². The summed E-state index contributed by atoms with van der Waals surface area (Å²) in [5, 5.41) is 7.76. The average molecular weight is 265 g/mol. The number of nitrogens with zero attached hydrogens (tertiary/aromatic N) is 5. The molecule has 1 saturated heterocycles.